The number of phenolic OH excluding ortho intramolecular Hbond substituents is 1. The molecule has 1 rings (SSSR count). The summed E-state index contributed by atoms with van der Waals surface area (Å²) in [6, 6.07) is 8.29. The molecular weight excluding hydrogens is 213 g/mol. The van der Waals surface area contributed by atoms with E-state index < -0.39 is 0 Å². The molecule has 0 atom stereocenters. The number of phenols is 1. The van der Waals surface area contributed by atoms with Gasteiger partial charge in [0.2, 0.25) is 0 Å². The third kappa shape index (κ3) is 3.35. The molecule has 0 aliphatic heterocycles. The maximum absolute atomic E-state index is 9.21. The van der Waals surface area contributed by atoms with E-state index in [1.165, 1.54) is 0 Å². The number of benzene rings is 1. The van der Waals surface area contributed by atoms with Gasteiger partial charge in [0.05, 0.1) is 0 Å². The summed E-state index contributed by atoms with van der Waals surface area (Å²) in [6.07, 6.45) is 1.96. The van der Waals surface area contributed by atoms with Crippen molar-refractivity contribution in [2.24, 2.45) is 0 Å². The summed E-state index contributed by atoms with van der Waals surface area (Å²) in [5.41, 5.74) is 0.921. The van der Waals surface area contributed by atoms with Gasteiger partial charge in [-0.1, -0.05) is 13.3 Å². The molecule has 0 spiro atoms. The van der Waals surface area contributed by atoms with Crippen LogP contribution in [0.4, 0.5) is 0 Å². The van der Waals surface area contributed by atoms with E-state index in [1.807, 2.05) is 6.07 Å². The van der Waals surface area contributed by atoms with Gasteiger partial charge in [-0.05, 0) is 6.42 Å². The summed E-state index contributed by atoms with van der Waals surface area (Å²) in [6.45, 7) is 2.08. The quantitative estimate of drug-likeness (QED) is 0.763. The van der Waals surface area contributed by atoms with E-state index in [2.05, 4.69) is 13.0 Å². The molecule has 54 valence electrons. The molecule has 1 aromatic carbocycles. The molecule has 1 nitrogen and oxygen atoms in total. The number of hydrogen-bond donors (Lipinski definition) is 1. The second-order valence-electron chi connectivity index (χ2n) is 2.28. The fourth-order valence-electron chi connectivity index (χ4n) is 0.913. The van der Waals surface area contributed by atoms with E-state index >= 15 is 0 Å². The average molecular weight is 224 g/mol. The van der Waals surface area contributed by atoms with Crippen molar-refractivity contribution in [3.05, 3.63) is 29.8 Å². The second kappa shape index (κ2) is 5.73. The topological polar surface area (TPSA) is 20.2 Å². The van der Waals surface area contributed by atoms with Crippen LogP contribution in [0.2, 0.25) is 0 Å². The van der Waals surface area contributed by atoms with Crippen molar-refractivity contribution in [2.75, 3.05) is 0 Å². The number of hydrogen-bond acceptors (Lipinski definition) is 1. The molecule has 0 radical (unpaired) electrons. The van der Waals surface area contributed by atoms with Crippen molar-refractivity contribution in [1.82, 2.24) is 0 Å². The minimum atomic E-state index is 0. The average Bonchev–Trinajstić information content (AvgIpc) is 1.94. The van der Waals surface area contributed by atoms with Gasteiger partial charge < -0.3 is 5.11 Å². The van der Waals surface area contributed by atoms with Crippen LogP contribution in [0, 0.1) is 6.07 Å². The maximum Gasteiger partial charge on any atom is 3.00 e. The van der Waals surface area contributed by atoms with Gasteiger partial charge in [0.15, 0.2) is 0 Å². The Hall–Kier alpha value is 0.124. The molecule has 0 aliphatic rings. The van der Waals surface area contributed by atoms with Gasteiger partial charge in [-0.3, -0.25) is 0 Å². The molecular formula is C9H11OY+2. The molecule has 2 heteroatoms. The van der Waals surface area contributed by atoms with Crippen molar-refractivity contribution in [3.63, 3.8) is 0 Å². The zero-order chi connectivity index (χ0) is 7.40. The third-order valence-electron chi connectivity index (χ3n) is 1.42. The Balaban J connectivity index is 0.000001000. The summed E-state index contributed by atoms with van der Waals surface area (Å²) in [7, 11) is 0. The third-order valence-corrected chi connectivity index (χ3v) is 1.42. The number of rotatable bonds is 2. The van der Waals surface area contributed by atoms with Crippen LogP contribution in [0.1, 0.15) is 18.9 Å². The molecule has 0 saturated heterocycles. The first-order chi connectivity index (χ1) is 4.84. The molecule has 1 N–H and O–H groups in total. The largest absolute Gasteiger partial charge is 3.00 e. The van der Waals surface area contributed by atoms with Crippen LogP contribution in [0.3, 0.4) is 0 Å². The van der Waals surface area contributed by atoms with E-state index in [1.54, 1.807) is 12.1 Å². The summed E-state index contributed by atoms with van der Waals surface area (Å²) < 4.78 is 0. The molecule has 0 bridgehead atoms. The van der Waals surface area contributed by atoms with Crippen LogP contribution in [-0.2, 0) is 39.1 Å². The van der Waals surface area contributed by atoms with Gasteiger partial charge in [-0.25, -0.2) is 0 Å². The smallest absolute Gasteiger partial charge is 0.565 e. The van der Waals surface area contributed by atoms with Gasteiger partial charge in [0.25, 0.3) is 0 Å². The molecule has 0 heterocycles. The normalized spacial score (nSPS) is 8.82. The van der Waals surface area contributed by atoms with Gasteiger partial charge in [0.1, 0.15) is 0 Å². The zero-order valence-electron chi connectivity index (χ0n) is 6.67. The van der Waals surface area contributed by atoms with Crippen molar-refractivity contribution in [3.8, 4) is 5.75 Å². The predicted octanol–water partition coefficient (Wildman–Crippen LogP) is 2.14. The van der Waals surface area contributed by atoms with Gasteiger partial charge in [0, 0.05) is 5.75 Å². The Morgan fingerprint density at radius 2 is 2.27 bits per heavy atom. The van der Waals surface area contributed by atoms with Gasteiger partial charge >= 0.3 is 32.7 Å². The summed E-state index contributed by atoms with van der Waals surface area (Å²) in [5, 5.41) is 9.21. The standard InChI is InChI=1S/C9H11O.Y/c1-2-5-8-6-3-4-7-9(8)10;/h3-4,7,10H,2,5H2,1H3;/q-1;+3. The monoisotopic (exact) mass is 224 g/mol. The predicted molar refractivity (Wildman–Crippen MR) is 40.9 cm³/mol. The summed E-state index contributed by atoms with van der Waals surface area (Å²) in [4.78, 5) is 0. The van der Waals surface area contributed by atoms with Crippen LogP contribution < -0.4 is 0 Å². The van der Waals surface area contributed by atoms with E-state index in [0.717, 1.165) is 18.4 Å². The minimum Gasteiger partial charge on any atom is -0.565 e. The van der Waals surface area contributed by atoms with Crippen LogP contribution in [-0.4, -0.2) is 5.11 Å². The van der Waals surface area contributed by atoms with E-state index in [4.69, 9.17) is 0 Å². The van der Waals surface area contributed by atoms with E-state index in [9.17, 15) is 5.11 Å². The molecule has 0 unspecified atom stereocenters. The fourth-order valence-corrected chi connectivity index (χ4v) is 0.913. The van der Waals surface area contributed by atoms with Crippen molar-refractivity contribution in [2.45, 2.75) is 19.8 Å². The first kappa shape index (κ1) is 11.1. The van der Waals surface area contributed by atoms with E-state index in [-0.39, 0.29) is 32.7 Å². The first-order valence-electron chi connectivity index (χ1n) is 3.53. The molecule has 0 fully saturated rings. The van der Waals surface area contributed by atoms with Crippen molar-refractivity contribution < 1.29 is 37.8 Å². The molecule has 0 saturated carbocycles. The Morgan fingerprint density at radius 1 is 1.55 bits per heavy atom. The molecule has 1 aromatic rings. The van der Waals surface area contributed by atoms with Crippen molar-refractivity contribution in [1.29, 1.82) is 0 Å². The molecule has 11 heavy (non-hydrogen) atoms. The Morgan fingerprint density at radius 3 is 2.82 bits per heavy atom. The second-order valence-corrected chi connectivity index (χ2v) is 2.28. The fraction of sp³-hybridized carbons (Fsp3) is 0.333. The van der Waals surface area contributed by atoms with Gasteiger partial charge in [-0.15, -0.1) is 11.6 Å². The van der Waals surface area contributed by atoms with Crippen LogP contribution in [0.5, 0.6) is 5.75 Å². The zero-order valence-corrected chi connectivity index (χ0v) is 9.51. The number of aromatic hydroxyl groups is 1. The Labute approximate surface area is 92.7 Å². The van der Waals surface area contributed by atoms with Crippen LogP contribution in [0.25, 0.3) is 0 Å². The van der Waals surface area contributed by atoms with E-state index in [0.29, 0.717) is 5.75 Å². The summed E-state index contributed by atoms with van der Waals surface area (Å²) >= 11 is 0. The first-order valence-corrected chi connectivity index (χ1v) is 3.53. The minimum absolute atomic E-state index is 0. The van der Waals surface area contributed by atoms with Crippen molar-refractivity contribution >= 4 is 0 Å². The summed E-state index contributed by atoms with van der Waals surface area (Å²) in [5.74, 6) is 0.365. The Kier molecular flexibility index (Phi) is 5.80. The van der Waals surface area contributed by atoms with Crippen LogP contribution >= 0.6 is 0 Å². The number of aryl methyl sites for hydroxylation is 1. The molecule has 0 aliphatic carbocycles. The SMILES string of the molecule is CCCc1[c-]cccc1O.[Y+3]. The maximum atomic E-state index is 9.21. The molecule has 0 amide bonds. The Bertz CT molecular complexity index is 210. The van der Waals surface area contributed by atoms with Gasteiger partial charge in [-0.2, -0.15) is 18.2 Å². The molecule has 0 aromatic heterocycles. The van der Waals surface area contributed by atoms with Crippen LogP contribution in [0.15, 0.2) is 18.2 Å².